The summed E-state index contributed by atoms with van der Waals surface area (Å²) in [6.45, 7) is 2.20. The van der Waals surface area contributed by atoms with Crippen molar-refractivity contribution in [3.8, 4) is 0 Å². The summed E-state index contributed by atoms with van der Waals surface area (Å²) in [6.07, 6.45) is 1.38. The van der Waals surface area contributed by atoms with Crippen molar-refractivity contribution in [1.82, 2.24) is 0 Å². The van der Waals surface area contributed by atoms with Crippen LogP contribution in [-0.4, -0.2) is 19.0 Å². The van der Waals surface area contributed by atoms with E-state index in [1.165, 1.54) is 0 Å². The van der Waals surface area contributed by atoms with E-state index >= 15 is 0 Å². The van der Waals surface area contributed by atoms with Crippen LogP contribution in [-0.2, 0) is 0 Å². The van der Waals surface area contributed by atoms with Gasteiger partial charge < -0.3 is 10.6 Å². The molecule has 1 aliphatic heterocycles. The number of benzene rings is 1. The van der Waals surface area contributed by atoms with E-state index in [0.717, 1.165) is 25.6 Å². The topological polar surface area (TPSA) is 29.3 Å². The molecular weight excluding hydrogens is 222 g/mol. The van der Waals surface area contributed by atoms with Crippen molar-refractivity contribution in [1.29, 1.82) is 0 Å². The van der Waals surface area contributed by atoms with Crippen LogP contribution in [0.1, 0.15) is 19.8 Å². The molecule has 0 radical (unpaired) electrons. The lowest BCUT2D eigenvalue weighted by atomic mass is 9.92. The smallest absolute Gasteiger partial charge is 0.249 e. The van der Waals surface area contributed by atoms with Crippen LogP contribution in [0.4, 0.5) is 20.2 Å². The van der Waals surface area contributed by atoms with Gasteiger partial charge in [0.2, 0.25) is 5.92 Å². The molecule has 0 aromatic heterocycles. The Labute approximate surface area is 100 Å². The normalized spacial score (nSPS) is 21.6. The summed E-state index contributed by atoms with van der Waals surface area (Å²) in [6, 6.07) is 7.45. The molecule has 1 fully saturated rings. The van der Waals surface area contributed by atoms with Crippen LogP contribution < -0.4 is 10.6 Å². The van der Waals surface area contributed by atoms with Crippen molar-refractivity contribution < 1.29 is 8.78 Å². The largest absolute Gasteiger partial charge is 0.397 e. The van der Waals surface area contributed by atoms with E-state index in [9.17, 15) is 8.78 Å². The highest BCUT2D eigenvalue weighted by Gasteiger charge is 2.37. The number of rotatable bonds is 2. The molecule has 0 bridgehead atoms. The highest BCUT2D eigenvalue weighted by Crippen LogP contribution is 2.34. The fourth-order valence-corrected chi connectivity index (χ4v) is 2.39. The highest BCUT2D eigenvalue weighted by atomic mass is 19.3. The van der Waals surface area contributed by atoms with Crippen molar-refractivity contribution in [2.24, 2.45) is 5.92 Å². The van der Waals surface area contributed by atoms with Crippen molar-refractivity contribution in [3.63, 3.8) is 0 Å². The number of anilines is 2. The number of nitrogens with two attached hydrogens (primary N) is 1. The number of nitrogen functional groups attached to an aromatic ring is 1. The van der Waals surface area contributed by atoms with E-state index in [1.807, 2.05) is 29.2 Å². The number of alkyl halides is 2. The maximum absolute atomic E-state index is 13.3. The van der Waals surface area contributed by atoms with Gasteiger partial charge in [0, 0.05) is 19.0 Å². The molecule has 94 valence electrons. The average Bonchev–Trinajstić information content (AvgIpc) is 2.29. The van der Waals surface area contributed by atoms with Gasteiger partial charge in [-0.05, 0) is 31.9 Å². The van der Waals surface area contributed by atoms with E-state index in [2.05, 4.69) is 0 Å². The second kappa shape index (κ2) is 4.51. The second-order valence-corrected chi connectivity index (χ2v) is 4.80. The zero-order chi connectivity index (χ0) is 12.5. The Morgan fingerprint density at radius 1 is 1.35 bits per heavy atom. The Morgan fingerprint density at radius 2 is 2.06 bits per heavy atom. The molecule has 2 nitrogen and oxygen atoms in total. The summed E-state index contributed by atoms with van der Waals surface area (Å²) in [5.74, 6) is -3.18. The number of para-hydroxylation sites is 2. The first kappa shape index (κ1) is 12.1. The first-order valence-electron chi connectivity index (χ1n) is 5.96. The molecule has 0 saturated carbocycles. The monoisotopic (exact) mass is 240 g/mol. The molecular formula is C13H18F2N2. The van der Waals surface area contributed by atoms with E-state index in [0.29, 0.717) is 18.7 Å². The minimum absolute atomic E-state index is 0.387. The van der Waals surface area contributed by atoms with Crippen LogP contribution in [0, 0.1) is 5.92 Å². The number of hydrogen-bond acceptors (Lipinski definition) is 2. The van der Waals surface area contributed by atoms with Gasteiger partial charge in [-0.25, -0.2) is 8.78 Å². The van der Waals surface area contributed by atoms with E-state index < -0.39 is 11.8 Å². The third kappa shape index (κ3) is 2.68. The van der Waals surface area contributed by atoms with Crippen LogP contribution >= 0.6 is 0 Å². The van der Waals surface area contributed by atoms with Crippen molar-refractivity contribution in [3.05, 3.63) is 24.3 Å². The third-order valence-electron chi connectivity index (χ3n) is 3.42. The van der Waals surface area contributed by atoms with Gasteiger partial charge in [-0.15, -0.1) is 0 Å². The van der Waals surface area contributed by atoms with E-state index in [1.54, 1.807) is 0 Å². The predicted molar refractivity (Wildman–Crippen MR) is 66.4 cm³/mol. The molecule has 0 unspecified atom stereocenters. The lowest BCUT2D eigenvalue weighted by Gasteiger charge is -2.37. The lowest BCUT2D eigenvalue weighted by Crippen LogP contribution is -2.42. The number of hydrogen-bond donors (Lipinski definition) is 1. The fraction of sp³-hybridized carbons (Fsp3) is 0.538. The summed E-state index contributed by atoms with van der Waals surface area (Å²) >= 11 is 0. The fourth-order valence-electron chi connectivity index (χ4n) is 2.39. The maximum atomic E-state index is 13.3. The van der Waals surface area contributed by atoms with Crippen LogP contribution in [0.3, 0.4) is 0 Å². The van der Waals surface area contributed by atoms with Crippen LogP contribution in [0.25, 0.3) is 0 Å². The molecule has 1 aromatic carbocycles. The van der Waals surface area contributed by atoms with Gasteiger partial charge in [0.15, 0.2) is 0 Å². The molecule has 1 atom stereocenters. The highest BCUT2D eigenvalue weighted by molar-refractivity contribution is 5.67. The maximum Gasteiger partial charge on any atom is 0.249 e. The molecule has 1 heterocycles. The minimum atomic E-state index is -2.61. The molecule has 4 heteroatoms. The first-order chi connectivity index (χ1) is 7.98. The zero-order valence-electron chi connectivity index (χ0n) is 10.00. The van der Waals surface area contributed by atoms with Crippen molar-refractivity contribution in [2.75, 3.05) is 23.7 Å². The zero-order valence-corrected chi connectivity index (χ0v) is 10.00. The van der Waals surface area contributed by atoms with Crippen molar-refractivity contribution >= 4 is 11.4 Å². The van der Waals surface area contributed by atoms with Crippen LogP contribution in [0.15, 0.2) is 24.3 Å². The summed E-state index contributed by atoms with van der Waals surface area (Å²) < 4.78 is 26.7. The number of piperidine rings is 1. The van der Waals surface area contributed by atoms with Gasteiger partial charge >= 0.3 is 0 Å². The molecule has 0 amide bonds. The standard InChI is InChI=1S/C13H18F2N2/c1-13(14,15)10-5-4-8-17(9-10)12-7-3-2-6-11(12)16/h2-3,6-7,10H,4-5,8-9,16H2,1H3/t10-/m1/s1. The Balaban J connectivity index is 2.15. The second-order valence-electron chi connectivity index (χ2n) is 4.80. The Hall–Kier alpha value is -1.32. The molecule has 2 rings (SSSR count). The molecule has 17 heavy (non-hydrogen) atoms. The predicted octanol–water partition coefficient (Wildman–Crippen LogP) is 3.14. The minimum Gasteiger partial charge on any atom is -0.397 e. The SMILES string of the molecule is CC(F)(F)[C@@H]1CCCN(c2ccccc2N)C1. The number of halogens is 2. The summed E-state index contributed by atoms with van der Waals surface area (Å²) in [7, 11) is 0. The quantitative estimate of drug-likeness (QED) is 0.805. The van der Waals surface area contributed by atoms with Gasteiger partial charge in [0.25, 0.3) is 0 Å². The molecule has 2 N–H and O–H groups in total. The molecule has 1 aliphatic rings. The van der Waals surface area contributed by atoms with Crippen LogP contribution in [0.5, 0.6) is 0 Å². The van der Waals surface area contributed by atoms with Crippen LogP contribution in [0.2, 0.25) is 0 Å². The van der Waals surface area contributed by atoms with Gasteiger partial charge in [-0.1, -0.05) is 12.1 Å². The summed E-state index contributed by atoms with van der Waals surface area (Å²) in [4.78, 5) is 1.97. The Morgan fingerprint density at radius 3 is 2.71 bits per heavy atom. The molecule has 1 aromatic rings. The summed E-state index contributed by atoms with van der Waals surface area (Å²) in [5.41, 5.74) is 7.41. The van der Waals surface area contributed by atoms with Gasteiger partial charge in [-0.3, -0.25) is 0 Å². The lowest BCUT2D eigenvalue weighted by molar-refractivity contribution is -0.0439. The van der Waals surface area contributed by atoms with Gasteiger partial charge in [0.05, 0.1) is 11.4 Å². The van der Waals surface area contributed by atoms with E-state index in [-0.39, 0.29) is 0 Å². The number of nitrogens with zero attached hydrogens (tertiary/aromatic N) is 1. The Bertz CT molecular complexity index is 387. The summed E-state index contributed by atoms with van der Waals surface area (Å²) in [5, 5.41) is 0. The average molecular weight is 240 g/mol. The van der Waals surface area contributed by atoms with Crippen molar-refractivity contribution in [2.45, 2.75) is 25.7 Å². The molecule has 0 spiro atoms. The molecule has 1 saturated heterocycles. The van der Waals surface area contributed by atoms with Gasteiger partial charge in [0.1, 0.15) is 0 Å². The first-order valence-corrected chi connectivity index (χ1v) is 5.96. The third-order valence-corrected chi connectivity index (χ3v) is 3.42. The molecule has 0 aliphatic carbocycles. The van der Waals surface area contributed by atoms with Gasteiger partial charge in [-0.2, -0.15) is 0 Å². The van der Waals surface area contributed by atoms with E-state index in [4.69, 9.17) is 5.73 Å². The Kier molecular flexibility index (Phi) is 3.22.